The fraction of sp³-hybridized carbons (Fsp3) is 0.765. The fourth-order valence-electron chi connectivity index (χ4n) is 3.34. The van der Waals surface area contributed by atoms with E-state index in [1.807, 2.05) is 11.3 Å². The Morgan fingerprint density at radius 1 is 1.21 bits per heavy atom. The molecular weight excluding hydrogens is 250 g/mol. The summed E-state index contributed by atoms with van der Waals surface area (Å²) in [5.74, 6) is 1.58. The predicted molar refractivity (Wildman–Crippen MR) is 85.5 cm³/mol. The lowest BCUT2D eigenvalue weighted by Crippen LogP contribution is -2.30. The first-order chi connectivity index (χ1) is 8.91. The van der Waals surface area contributed by atoms with Gasteiger partial charge in [0.15, 0.2) is 0 Å². The Morgan fingerprint density at radius 2 is 1.84 bits per heavy atom. The van der Waals surface area contributed by atoms with Crippen molar-refractivity contribution in [1.29, 1.82) is 0 Å². The van der Waals surface area contributed by atoms with Crippen molar-refractivity contribution in [2.75, 3.05) is 0 Å². The second-order valence-electron chi connectivity index (χ2n) is 7.16. The Labute approximate surface area is 122 Å². The molecule has 19 heavy (non-hydrogen) atoms. The SMILES string of the molecule is CCc1ccc(C(N)C2CCC(C(C)(C)C)CC2)s1. The Balaban J connectivity index is 1.94. The van der Waals surface area contributed by atoms with Crippen LogP contribution < -0.4 is 5.73 Å². The number of rotatable bonds is 3. The lowest BCUT2D eigenvalue weighted by Gasteiger charge is -2.38. The van der Waals surface area contributed by atoms with E-state index in [2.05, 4.69) is 39.8 Å². The molecule has 0 aromatic carbocycles. The lowest BCUT2D eigenvalue weighted by atomic mass is 9.68. The lowest BCUT2D eigenvalue weighted by molar-refractivity contribution is 0.140. The highest BCUT2D eigenvalue weighted by atomic mass is 32.1. The summed E-state index contributed by atoms with van der Waals surface area (Å²) in [6, 6.07) is 4.77. The molecular formula is C17H29NS. The Morgan fingerprint density at radius 3 is 2.32 bits per heavy atom. The van der Waals surface area contributed by atoms with Crippen LogP contribution in [0.4, 0.5) is 0 Å². The highest BCUT2D eigenvalue weighted by Crippen LogP contribution is 2.43. The zero-order valence-electron chi connectivity index (χ0n) is 12.9. The topological polar surface area (TPSA) is 26.0 Å². The molecule has 2 heteroatoms. The van der Waals surface area contributed by atoms with Crippen LogP contribution in [0, 0.1) is 17.3 Å². The van der Waals surface area contributed by atoms with Gasteiger partial charge >= 0.3 is 0 Å². The van der Waals surface area contributed by atoms with Crippen molar-refractivity contribution in [3.05, 3.63) is 21.9 Å². The van der Waals surface area contributed by atoms with Gasteiger partial charge in [-0.3, -0.25) is 0 Å². The number of nitrogens with two attached hydrogens (primary N) is 1. The number of hydrogen-bond donors (Lipinski definition) is 1. The summed E-state index contributed by atoms with van der Waals surface area (Å²) in [4.78, 5) is 2.87. The van der Waals surface area contributed by atoms with Gasteiger partial charge in [0, 0.05) is 15.8 Å². The Bertz CT molecular complexity index is 394. The van der Waals surface area contributed by atoms with Crippen LogP contribution in [-0.4, -0.2) is 0 Å². The fourth-order valence-corrected chi connectivity index (χ4v) is 4.39. The van der Waals surface area contributed by atoms with E-state index in [4.69, 9.17) is 5.73 Å². The molecule has 1 unspecified atom stereocenters. The first-order valence-corrected chi connectivity index (χ1v) is 8.57. The Kier molecular flexibility index (Phi) is 4.73. The van der Waals surface area contributed by atoms with Crippen molar-refractivity contribution in [3.63, 3.8) is 0 Å². The molecule has 2 N–H and O–H groups in total. The van der Waals surface area contributed by atoms with Crippen LogP contribution in [0.3, 0.4) is 0 Å². The molecule has 0 amide bonds. The van der Waals surface area contributed by atoms with Crippen LogP contribution >= 0.6 is 11.3 Å². The molecule has 0 bridgehead atoms. The summed E-state index contributed by atoms with van der Waals surface area (Å²) in [5.41, 5.74) is 6.97. The van der Waals surface area contributed by atoms with Crippen LogP contribution in [0.5, 0.6) is 0 Å². The van der Waals surface area contributed by atoms with Crippen molar-refractivity contribution >= 4 is 11.3 Å². The van der Waals surface area contributed by atoms with E-state index in [0.717, 1.165) is 12.3 Å². The molecule has 108 valence electrons. The molecule has 0 aliphatic heterocycles. The number of hydrogen-bond acceptors (Lipinski definition) is 2. The van der Waals surface area contributed by atoms with Gasteiger partial charge in [-0.25, -0.2) is 0 Å². The molecule has 1 heterocycles. The first-order valence-electron chi connectivity index (χ1n) is 7.76. The van der Waals surface area contributed by atoms with E-state index < -0.39 is 0 Å². The van der Waals surface area contributed by atoms with Gasteiger partial charge in [-0.2, -0.15) is 0 Å². The zero-order chi connectivity index (χ0) is 14.0. The van der Waals surface area contributed by atoms with Crippen LogP contribution in [-0.2, 0) is 6.42 Å². The number of aryl methyl sites for hydroxylation is 1. The molecule has 1 fully saturated rings. The average Bonchev–Trinajstić information content (AvgIpc) is 2.86. The monoisotopic (exact) mass is 279 g/mol. The van der Waals surface area contributed by atoms with Crippen molar-refractivity contribution in [2.45, 2.75) is 65.8 Å². The minimum Gasteiger partial charge on any atom is -0.323 e. The van der Waals surface area contributed by atoms with Crippen molar-refractivity contribution in [1.82, 2.24) is 0 Å². The van der Waals surface area contributed by atoms with E-state index in [0.29, 0.717) is 11.3 Å². The summed E-state index contributed by atoms with van der Waals surface area (Å²) in [6.07, 6.45) is 6.46. The minimum absolute atomic E-state index is 0.270. The van der Waals surface area contributed by atoms with E-state index in [9.17, 15) is 0 Å². The van der Waals surface area contributed by atoms with Crippen molar-refractivity contribution in [3.8, 4) is 0 Å². The maximum absolute atomic E-state index is 6.50. The molecule has 1 aromatic heterocycles. The van der Waals surface area contributed by atoms with Crippen LogP contribution in [0.2, 0.25) is 0 Å². The van der Waals surface area contributed by atoms with E-state index >= 15 is 0 Å². The van der Waals surface area contributed by atoms with E-state index in [1.54, 1.807) is 0 Å². The summed E-state index contributed by atoms with van der Waals surface area (Å²) >= 11 is 1.92. The first kappa shape index (κ1) is 15.1. The van der Waals surface area contributed by atoms with Gasteiger partial charge in [0.1, 0.15) is 0 Å². The van der Waals surface area contributed by atoms with Crippen LogP contribution in [0.1, 0.15) is 69.2 Å². The maximum Gasteiger partial charge on any atom is 0.0418 e. The zero-order valence-corrected chi connectivity index (χ0v) is 13.7. The van der Waals surface area contributed by atoms with Crippen LogP contribution in [0.25, 0.3) is 0 Å². The molecule has 1 atom stereocenters. The second kappa shape index (κ2) is 5.97. The largest absolute Gasteiger partial charge is 0.323 e. The molecule has 0 radical (unpaired) electrons. The third-order valence-electron chi connectivity index (χ3n) is 4.86. The summed E-state index contributed by atoms with van der Waals surface area (Å²) < 4.78 is 0. The molecule has 1 nitrogen and oxygen atoms in total. The highest BCUT2D eigenvalue weighted by Gasteiger charge is 2.32. The molecule has 1 aromatic rings. The molecule has 1 aliphatic rings. The summed E-state index contributed by atoms with van der Waals surface area (Å²) in [6.45, 7) is 9.36. The Hall–Kier alpha value is -0.340. The smallest absolute Gasteiger partial charge is 0.0418 e. The summed E-state index contributed by atoms with van der Waals surface area (Å²) in [5, 5.41) is 0. The van der Waals surface area contributed by atoms with Crippen molar-refractivity contribution < 1.29 is 0 Å². The van der Waals surface area contributed by atoms with Crippen LogP contribution in [0.15, 0.2) is 12.1 Å². The number of thiophene rings is 1. The molecule has 0 spiro atoms. The average molecular weight is 279 g/mol. The highest BCUT2D eigenvalue weighted by molar-refractivity contribution is 7.12. The molecule has 1 aliphatic carbocycles. The minimum atomic E-state index is 0.270. The second-order valence-corrected chi connectivity index (χ2v) is 8.36. The van der Waals surface area contributed by atoms with Gasteiger partial charge in [-0.05, 0) is 61.5 Å². The van der Waals surface area contributed by atoms with Gasteiger partial charge < -0.3 is 5.73 Å². The molecule has 1 saturated carbocycles. The normalized spacial score (nSPS) is 26.4. The van der Waals surface area contributed by atoms with Gasteiger partial charge in [0.05, 0.1) is 0 Å². The van der Waals surface area contributed by atoms with Crippen molar-refractivity contribution in [2.24, 2.45) is 23.0 Å². The third kappa shape index (κ3) is 3.61. The van der Waals surface area contributed by atoms with Gasteiger partial charge in [-0.15, -0.1) is 11.3 Å². The van der Waals surface area contributed by atoms with Gasteiger partial charge in [0.2, 0.25) is 0 Å². The standard InChI is InChI=1S/C17H29NS/c1-5-14-10-11-15(19-14)16(18)12-6-8-13(9-7-12)17(2,3)4/h10-13,16H,5-9,18H2,1-4H3. The molecule has 2 rings (SSSR count). The predicted octanol–water partition coefficient (Wildman–Crippen LogP) is 5.16. The van der Waals surface area contributed by atoms with Gasteiger partial charge in [-0.1, -0.05) is 27.7 Å². The van der Waals surface area contributed by atoms with E-state index in [1.165, 1.54) is 35.4 Å². The maximum atomic E-state index is 6.50. The third-order valence-corrected chi connectivity index (χ3v) is 6.19. The van der Waals surface area contributed by atoms with E-state index in [-0.39, 0.29) is 6.04 Å². The molecule has 0 saturated heterocycles. The van der Waals surface area contributed by atoms with Gasteiger partial charge in [0.25, 0.3) is 0 Å². The quantitative estimate of drug-likeness (QED) is 0.812. The summed E-state index contributed by atoms with van der Waals surface area (Å²) in [7, 11) is 0.